The highest BCUT2D eigenvalue weighted by atomic mass is 35.5. The Morgan fingerprint density at radius 1 is 1.12 bits per heavy atom. The lowest BCUT2D eigenvalue weighted by atomic mass is 10.0. The van der Waals surface area contributed by atoms with Gasteiger partial charge in [0.25, 0.3) is 17.4 Å². The zero-order valence-electron chi connectivity index (χ0n) is 18.6. The SMILES string of the molecule is CC1=CC(=O)n2ncc(C(=O)N[C@@H](C)c3cc4cccc(Cl)c4c(=O)n3-c3ccccc3)c2C1. The number of amides is 1. The minimum absolute atomic E-state index is 0.264. The predicted octanol–water partition coefficient (Wildman–Crippen LogP) is 4.47. The number of para-hydroxylation sites is 1. The number of hydrogen-bond donors (Lipinski definition) is 1. The van der Waals surface area contributed by atoms with E-state index < -0.39 is 6.04 Å². The molecule has 0 unspecified atom stereocenters. The van der Waals surface area contributed by atoms with Crippen molar-refractivity contribution < 1.29 is 9.59 Å². The van der Waals surface area contributed by atoms with Crippen LogP contribution in [0.4, 0.5) is 0 Å². The molecule has 5 rings (SSSR count). The molecule has 0 aliphatic carbocycles. The Morgan fingerprint density at radius 3 is 2.65 bits per heavy atom. The van der Waals surface area contributed by atoms with E-state index >= 15 is 0 Å². The average molecular weight is 473 g/mol. The van der Waals surface area contributed by atoms with Crippen LogP contribution in [-0.4, -0.2) is 26.2 Å². The van der Waals surface area contributed by atoms with Gasteiger partial charge in [-0.15, -0.1) is 0 Å². The van der Waals surface area contributed by atoms with Gasteiger partial charge in [0.05, 0.1) is 33.9 Å². The maximum Gasteiger partial charge on any atom is 0.271 e. The van der Waals surface area contributed by atoms with Crippen LogP contribution in [0.1, 0.15) is 46.4 Å². The van der Waals surface area contributed by atoms with Crippen molar-refractivity contribution in [3.63, 3.8) is 0 Å². The third-order valence-corrected chi connectivity index (χ3v) is 6.28. The molecule has 0 spiro atoms. The standard InChI is InChI=1S/C26H21ClN4O3/c1-15-11-22-19(14-28-31(22)23(32)12-15)25(33)29-16(2)21-13-17-7-6-10-20(27)24(17)26(34)30(21)18-8-4-3-5-9-18/h3-10,12-14,16H,11H2,1-2H3,(H,29,33)/t16-/m0/s1. The first-order valence-electron chi connectivity index (χ1n) is 10.8. The van der Waals surface area contributed by atoms with Crippen molar-refractivity contribution in [2.24, 2.45) is 0 Å². The van der Waals surface area contributed by atoms with E-state index in [1.165, 1.54) is 17.0 Å². The lowest BCUT2D eigenvalue weighted by Crippen LogP contribution is -2.32. The van der Waals surface area contributed by atoms with E-state index in [1.54, 1.807) is 16.7 Å². The van der Waals surface area contributed by atoms with Gasteiger partial charge in [0.2, 0.25) is 0 Å². The number of aromatic nitrogens is 3. The fourth-order valence-electron chi connectivity index (χ4n) is 4.36. The number of benzene rings is 2. The van der Waals surface area contributed by atoms with Crippen molar-refractivity contribution in [2.75, 3.05) is 0 Å². The van der Waals surface area contributed by atoms with E-state index in [9.17, 15) is 14.4 Å². The van der Waals surface area contributed by atoms with Gasteiger partial charge in [-0.1, -0.05) is 47.5 Å². The van der Waals surface area contributed by atoms with Gasteiger partial charge in [-0.25, -0.2) is 4.68 Å². The van der Waals surface area contributed by atoms with E-state index in [-0.39, 0.29) is 17.4 Å². The van der Waals surface area contributed by atoms with E-state index in [0.29, 0.717) is 44.9 Å². The van der Waals surface area contributed by atoms with Gasteiger partial charge in [0, 0.05) is 23.9 Å². The number of nitrogens with one attached hydrogen (secondary N) is 1. The fourth-order valence-corrected chi connectivity index (χ4v) is 4.62. The lowest BCUT2D eigenvalue weighted by Gasteiger charge is -2.21. The largest absolute Gasteiger partial charge is 0.344 e. The van der Waals surface area contributed by atoms with Gasteiger partial charge in [-0.2, -0.15) is 5.10 Å². The molecule has 1 aliphatic heterocycles. The van der Waals surface area contributed by atoms with Crippen LogP contribution in [0.2, 0.25) is 5.02 Å². The van der Waals surface area contributed by atoms with Crippen LogP contribution in [0.15, 0.2) is 77.2 Å². The fraction of sp³-hybridized carbons (Fsp3) is 0.154. The summed E-state index contributed by atoms with van der Waals surface area (Å²) in [5.41, 5.74) is 2.77. The zero-order valence-corrected chi connectivity index (χ0v) is 19.3. The van der Waals surface area contributed by atoms with Gasteiger partial charge in [0.15, 0.2) is 0 Å². The molecule has 34 heavy (non-hydrogen) atoms. The topological polar surface area (TPSA) is 86.0 Å². The highest BCUT2D eigenvalue weighted by Crippen LogP contribution is 2.26. The molecule has 1 aliphatic rings. The van der Waals surface area contributed by atoms with E-state index in [2.05, 4.69) is 10.4 Å². The molecule has 1 atom stereocenters. The van der Waals surface area contributed by atoms with Crippen molar-refractivity contribution in [3.05, 3.63) is 105 Å². The molecule has 2 aromatic heterocycles. The first kappa shape index (κ1) is 21.9. The molecular weight excluding hydrogens is 452 g/mol. The summed E-state index contributed by atoms with van der Waals surface area (Å²) in [5.74, 6) is -0.635. The number of fused-ring (bicyclic) bond motifs is 2. The second-order valence-corrected chi connectivity index (χ2v) is 8.77. The van der Waals surface area contributed by atoms with Crippen LogP contribution in [-0.2, 0) is 6.42 Å². The third-order valence-electron chi connectivity index (χ3n) is 5.97. The summed E-state index contributed by atoms with van der Waals surface area (Å²) in [6.07, 6.45) is 3.39. The van der Waals surface area contributed by atoms with E-state index in [1.807, 2.05) is 56.3 Å². The summed E-state index contributed by atoms with van der Waals surface area (Å²) in [5, 5.41) is 8.55. The normalized spacial score (nSPS) is 14.0. The number of pyridine rings is 1. The second-order valence-electron chi connectivity index (χ2n) is 8.37. The van der Waals surface area contributed by atoms with Gasteiger partial charge < -0.3 is 5.32 Å². The molecule has 0 saturated heterocycles. The molecule has 7 nitrogen and oxygen atoms in total. The maximum atomic E-state index is 13.6. The van der Waals surface area contributed by atoms with Gasteiger partial charge in [-0.3, -0.25) is 19.0 Å². The van der Waals surface area contributed by atoms with Gasteiger partial charge in [-0.05, 0) is 43.5 Å². The van der Waals surface area contributed by atoms with Crippen LogP contribution in [0.25, 0.3) is 16.5 Å². The smallest absolute Gasteiger partial charge is 0.271 e. The molecule has 3 heterocycles. The monoisotopic (exact) mass is 472 g/mol. The summed E-state index contributed by atoms with van der Waals surface area (Å²) in [6.45, 7) is 3.66. The Morgan fingerprint density at radius 2 is 1.88 bits per heavy atom. The van der Waals surface area contributed by atoms with Crippen molar-refractivity contribution in [1.29, 1.82) is 0 Å². The number of carbonyl (C=O) groups is 2. The lowest BCUT2D eigenvalue weighted by molar-refractivity contribution is 0.0937. The minimum atomic E-state index is -0.532. The molecule has 1 N–H and O–H groups in total. The number of nitrogens with zero attached hydrogens (tertiary/aromatic N) is 3. The predicted molar refractivity (Wildman–Crippen MR) is 131 cm³/mol. The quantitative estimate of drug-likeness (QED) is 0.474. The highest BCUT2D eigenvalue weighted by molar-refractivity contribution is 6.35. The molecule has 4 aromatic rings. The van der Waals surface area contributed by atoms with Crippen LogP contribution in [0.3, 0.4) is 0 Å². The molecular formula is C26H21ClN4O3. The Balaban J connectivity index is 1.58. The zero-order chi connectivity index (χ0) is 24.0. The molecule has 2 aromatic carbocycles. The summed E-state index contributed by atoms with van der Waals surface area (Å²) >= 11 is 6.37. The summed E-state index contributed by atoms with van der Waals surface area (Å²) < 4.78 is 2.83. The Hall–Kier alpha value is -3.97. The minimum Gasteiger partial charge on any atom is -0.344 e. The third kappa shape index (κ3) is 3.64. The second kappa shape index (κ2) is 8.43. The Bertz CT molecular complexity index is 1550. The summed E-state index contributed by atoms with van der Waals surface area (Å²) in [4.78, 5) is 39.0. The molecule has 0 fully saturated rings. The van der Waals surface area contributed by atoms with Gasteiger partial charge >= 0.3 is 0 Å². The van der Waals surface area contributed by atoms with Crippen LogP contribution in [0.5, 0.6) is 0 Å². The number of carbonyl (C=O) groups excluding carboxylic acids is 2. The number of allylic oxidation sites excluding steroid dienone is 2. The van der Waals surface area contributed by atoms with Crippen LogP contribution in [0, 0.1) is 0 Å². The van der Waals surface area contributed by atoms with E-state index in [0.717, 1.165) is 5.57 Å². The van der Waals surface area contributed by atoms with Crippen molar-refractivity contribution in [2.45, 2.75) is 26.3 Å². The van der Waals surface area contributed by atoms with Gasteiger partial charge in [0.1, 0.15) is 0 Å². The first-order chi connectivity index (χ1) is 16.3. The van der Waals surface area contributed by atoms with Crippen LogP contribution >= 0.6 is 11.6 Å². The summed E-state index contributed by atoms with van der Waals surface area (Å²) in [7, 11) is 0. The Labute approximate surface area is 200 Å². The van der Waals surface area contributed by atoms with E-state index in [4.69, 9.17) is 11.6 Å². The molecule has 0 bridgehead atoms. The van der Waals surface area contributed by atoms with Crippen LogP contribution < -0.4 is 10.9 Å². The molecule has 8 heteroatoms. The van der Waals surface area contributed by atoms with Crippen molar-refractivity contribution in [3.8, 4) is 5.69 Å². The molecule has 0 saturated carbocycles. The molecule has 0 radical (unpaired) electrons. The molecule has 1 amide bonds. The van der Waals surface area contributed by atoms with Crippen molar-refractivity contribution >= 4 is 34.2 Å². The summed E-state index contributed by atoms with van der Waals surface area (Å²) in [6, 6.07) is 15.9. The van der Waals surface area contributed by atoms with Crippen molar-refractivity contribution in [1.82, 2.24) is 19.7 Å². The highest BCUT2D eigenvalue weighted by Gasteiger charge is 2.26. The first-order valence-corrected chi connectivity index (χ1v) is 11.2. The number of halogens is 1. The number of rotatable bonds is 4. The molecule has 170 valence electrons. The Kier molecular flexibility index (Phi) is 5.42. The maximum absolute atomic E-state index is 13.6. The average Bonchev–Trinajstić information content (AvgIpc) is 3.23. The number of hydrogen-bond acceptors (Lipinski definition) is 4.